The van der Waals surface area contributed by atoms with E-state index in [0.717, 1.165) is 5.56 Å². The molecule has 0 saturated carbocycles. The van der Waals surface area contributed by atoms with Crippen LogP contribution in [0.25, 0.3) is 0 Å². The molecule has 0 N–H and O–H groups in total. The van der Waals surface area contributed by atoms with Crippen molar-refractivity contribution in [1.29, 1.82) is 0 Å². The van der Waals surface area contributed by atoms with E-state index in [1.165, 1.54) is 21.0 Å². The molecule has 2 aromatic rings. The summed E-state index contributed by atoms with van der Waals surface area (Å²) >= 11 is 0. The number of carbonyl (C=O) groups is 1. The number of amides is 1. The molecule has 2 fully saturated rings. The van der Waals surface area contributed by atoms with E-state index in [9.17, 15) is 9.18 Å². The van der Waals surface area contributed by atoms with E-state index in [-0.39, 0.29) is 25.4 Å². The summed E-state index contributed by atoms with van der Waals surface area (Å²) in [6.45, 7) is 3.97. The van der Waals surface area contributed by atoms with Gasteiger partial charge in [-0.25, -0.2) is 4.39 Å². The molecule has 166 valence electrons. The van der Waals surface area contributed by atoms with Crippen molar-refractivity contribution in [2.75, 3.05) is 33.6 Å². The highest BCUT2D eigenvalue weighted by molar-refractivity contribution is 5.95. The van der Waals surface area contributed by atoms with Gasteiger partial charge >= 0.3 is 0 Å². The van der Waals surface area contributed by atoms with Crippen LogP contribution in [0.15, 0.2) is 48.5 Å². The van der Waals surface area contributed by atoms with Crippen LogP contribution in [0.4, 0.5) is 4.39 Å². The number of nitrogens with zero attached hydrogens (tertiary/aromatic N) is 1. The highest BCUT2D eigenvalue weighted by Gasteiger charge is 2.51. The average molecular weight is 429 g/mol. The third kappa shape index (κ3) is 4.38. The number of methoxy groups -OCH3 is 1. The second-order valence-corrected chi connectivity index (χ2v) is 8.55. The lowest BCUT2D eigenvalue weighted by Crippen LogP contribution is -2.53. The van der Waals surface area contributed by atoms with Crippen LogP contribution < -0.4 is 9.47 Å². The standard InChI is InChI=1S/C24H28FNO5/c1-23(2,25)15-29-19-10-9-17(13-20(19)28-3)22(27)26-12-11-24(18-7-5-4-6-8-18)21(14-26)30-16-31-24/h4-10,13,21H,11-12,14-16H2,1-3H3/t21-,24+/m0/s1. The Hall–Kier alpha value is -2.64. The summed E-state index contributed by atoms with van der Waals surface area (Å²) in [6.07, 6.45) is 0.418. The van der Waals surface area contributed by atoms with E-state index in [1.807, 2.05) is 30.3 Å². The Kier molecular flexibility index (Phi) is 5.90. The zero-order valence-electron chi connectivity index (χ0n) is 18.1. The van der Waals surface area contributed by atoms with E-state index in [4.69, 9.17) is 18.9 Å². The fourth-order valence-electron chi connectivity index (χ4n) is 4.14. The largest absolute Gasteiger partial charge is 0.493 e. The van der Waals surface area contributed by atoms with Gasteiger partial charge in [0.05, 0.1) is 13.7 Å². The van der Waals surface area contributed by atoms with E-state index < -0.39 is 11.3 Å². The first kappa shape index (κ1) is 21.6. The lowest BCUT2D eigenvalue weighted by molar-refractivity contribution is -0.0439. The second kappa shape index (κ2) is 8.48. The van der Waals surface area contributed by atoms with Gasteiger partial charge in [0.15, 0.2) is 11.5 Å². The third-order valence-corrected chi connectivity index (χ3v) is 5.78. The summed E-state index contributed by atoms with van der Waals surface area (Å²) in [7, 11) is 1.50. The molecule has 0 bridgehead atoms. The van der Waals surface area contributed by atoms with Crippen LogP contribution in [0.5, 0.6) is 11.5 Å². The predicted molar refractivity (Wildman–Crippen MR) is 113 cm³/mol. The first-order valence-electron chi connectivity index (χ1n) is 10.4. The summed E-state index contributed by atoms with van der Waals surface area (Å²) in [5.74, 6) is 0.679. The van der Waals surface area contributed by atoms with Crippen LogP contribution in [0, 0.1) is 0 Å². The monoisotopic (exact) mass is 429 g/mol. The molecule has 2 saturated heterocycles. The van der Waals surface area contributed by atoms with Crippen molar-refractivity contribution >= 4 is 5.91 Å². The minimum Gasteiger partial charge on any atom is -0.493 e. The van der Waals surface area contributed by atoms with Crippen LogP contribution in [0.1, 0.15) is 36.2 Å². The number of hydrogen-bond acceptors (Lipinski definition) is 5. The first-order chi connectivity index (χ1) is 14.8. The number of halogens is 1. The number of rotatable bonds is 6. The van der Waals surface area contributed by atoms with Gasteiger partial charge in [0.1, 0.15) is 30.8 Å². The lowest BCUT2D eigenvalue weighted by atomic mass is 9.82. The first-order valence-corrected chi connectivity index (χ1v) is 10.4. The Bertz CT molecular complexity index is 929. The number of piperidine rings is 1. The third-order valence-electron chi connectivity index (χ3n) is 5.78. The molecular weight excluding hydrogens is 401 g/mol. The zero-order chi connectivity index (χ0) is 22.1. The van der Waals surface area contributed by atoms with E-state index in [1.54, 1.807) is 23.1 Å². The Balaban J connectivity index is 1.49. The van der Waals surface area contributed by atoms with Crippen LogP contribution in [0.3, 0.4) is 0 Å². The van der Waals surface area contributed by atoms with E-state index in [2.05, 4.69) is 0 Å². The Morgan fingerprint density at radius 2 is 2.00 bits per heavy atom. The highest BCUT2D eigenvalue weighted by atomic mass is 19.1. The average Bonchev–Trinajstić information content (AvgIpc) is 3.21. The Morgan fingerprint density at radius 3 is 2.71 bits per heavy atom. The van der Waals surface area contributed by atoms with Crippen molar-refractivity contribution in [2.45, 2.75) is 37.6 Å². The van der Waals surface area contributed by atoms with Gasteiger partial charge in [-0.05, 0) is 37.6 Å². The molecule has 2 atom stereocenters. The second-order valence-electron chi connectivity index (χ2n) is 8.55. The minimum absolute atomic E-state index is 0.108. The molecule has 2 aliphatic heterocycles. The number of fused-ring (bicyclic) bond motifs is 1. The van der Waals surface area contributed by atoms with Crippen LogP contribution in [-0.2, 0) is 15.1 Å². The van der Waals surface area contributed by atoms with Gasteiger partial charge in [-0.1, -0.05) is 30.3 Å². The summed E-state index contributed by atoms with van der Waals surface area (Å²) < 4.78 is 36.6. The number of carbonyl (C=O) groups excluding carboxylic acids is 1. The molecule has 4 rings (SSSR count). The molecule has 7 heteroatoms. The normalized spacial score (nSPS) is 23.4. The molecule has 0 spiro atoms. The fraction of sp³-hybridized carbons (Fsp3) is 0.458. The maximum absolute atomic E-state index is 13.8. The molecular formula is C24H28FNO5. The molecule has 2 aromatic carbocycles. The van der Waals surface area contributed by atoms with Crippen molar-refractivity contribution in [3.8, 4) is 11.5 Å². The van der Waals surface area contributed by atoms with Gasteiger partial charge in [0.25, 0.3) is 5.91 Å². The topological polar surface area (TPSA) is 57.2 Å². The van der Waals surface area contributed by atoms with Crippen molar-refractivity contribution < 1.29 is 28.1 Å². The fourth-order valence-corrected chi connectivity index (χ4v) is 4.14. The van der Waals surface area contributed by atoms with Gasteiger partial charge in [0.2, 0.25) is 0 Å². The van der Waals surface area contributed by atoms with Crippen molar-refractivity contribution in [3.05, 3.63) is 59.7 Å². The maximum Gasteiger partial charge on any atom is 0.254 e. The lowest BCUT2D eigenvalue weighted by Gasteiger charge is -2.42. The summed E-state index contributed by atoms with van der Waals surface area (Å²) in [6, 6.07) is 15.0. The summed E-state index contributed by atoms with van der Waals surface area (Å²) in [4.78, 5) is 15.0. The van der Waals surface area contributed by atoms with Crippen LogP contribution in [0.2, 0.25) is 0 Å². The van der Waals surface area contributed by atoms with Gasteiger partial charge in [-0.2, -0.15) is 0 Å². The molecule has 2 heterocycles. The zero-order valence-corrected chi connectivity index (χ0v) is 18.1. The molecule has 0 aromatic heterocycles. The molecule has 0 aliphatic carbocycles. The van der Waals surface area contributed by atoms with Gasteiger partial charge in [-0.15, -0.1) is 0 Å². The maximum atomic E-state index is 13.8. The summed E-state index contributed by atoms with van der Waals surface area (Å²) in [5.41, 5.74) is -0.437. The Morgan fingerprint density at radius 1 is 1.23 bits per heavy atom. The number of hydrogen-bond donors (Lipinski definition) is 0. The smallest absolute Gasteiger partial charge is 0.254 e. The number of benzene rings is 2. The minimum atomic E-state index is -1.47. The predicted octanol–water partition coefficient (Wildman–Crippen LogP) is 3.94. The number of likely N-dealkylation sites (tertiary alicyclic amines) is 1. The van der Waals surface area contributed by atoms with Gasteiger partial charge < -0.3 is 23.8 Å². The van der Waals surface area contributed by atoms with Gasteiger partial charge in [0, 0.05) is 18.5 Å². The number of ether oxygens (including phenoxy) is 4. The Labute approximate surface area is 181 Å². The quantitative estimate of drug-likeness (QED) is 0.696. The number of alkyl halides is 1. The molecule has 1 amide bonds. The SMILES string of the molecule is COc1cc(C(=O)N2CC[C@]3(c4ccccc4)OCO[C@H]3C2)ccc1OCC(C)(C)F. The highest BCUT2D eigenvalue weighted by Crippen LogP contribution is 2.42. The van der Waals surface area contributed by atoms with Crippen LogP contribution in [-0.4, -0.2) is 56.2 Å². The summed E-state index contributed by atoms with van der Waals surface area (Å²) in [5, 5.41) is 0. The molecule has 31 heavy (non-hydrogen) atoms. The van der Waals surface area contributed by atoms with E-state index >= 15 is 0 Å². The van der Waals surface area contributed by atoms with Crippen LogP contribution >= 0.6 is 0 Å². The molecule has 6 nitrogen and oxygen atoms in total. The van der Waals surface area contributed by atoms with Crippen molar-refractivity contribution in [3.63, 3.8) is 0 Å². The molecule has 0 unspecified atom stereocenters. The van der Waals surface area contributed by atoms with Crippen molar-refractivity contribution in [1.82, 2.24) is 4.90 Å². The molecule has 2 aliphatic rings. The van der Waals surface area contributed by atoms with Gasteiger partial charge in [-0.3, -0.25) is 4.79 Å². The molecule has 0 radical (unpaired) electrons. The van der Waals surface area contributed by atoms with E-state index in [0.29, 0.717) is 36.6 Å². The van der Waals surface area contributed by atoms with Crippen molar-refractivity contribution in [2.24, 2.45) is 0 Å².